The third-order valence-electron chi connectivity index (χ3n) is 2.55. The monoisotopic (exact) mass is 260 g/mol. The van der Waals surface area contributed by atoms with E-state index in [1.807, 2.05) is 24.6 Å². The van der Waals surface area contributed by atoms with Crippen molar-refractivity contribution in [2.24, 2.45) is 0 Å². The maximum Gasteiger partial charge on any atom is 0.124 e. The van der Waals surface area contributed by atoms with Crippen LogP contribution >= 0.6 is 11.3 Å². The van der Waals surface area contributed by atoms with Gasteiger partial charge in [0.15, 0.2) is 0 Å². The SMILES string of the molecule is CN(Cc1cc(F)cc(C#N)c1)Cc1cccs1. The van der Waals surface area contributed by atoms with Crippen LogP contribution in [0.3, 0.4) is 0 Å². The highest BCUT2D eigenvalue weighted by Gasteiger charge is 2.05. The maximum absolute atomic E-state index is 13.3. The van der Waals surface area contributed by atoms with Crippen LogP contribution in [0, 0.1) is 17.1 Å². The summed E-state index contributed by atoms with van der Waals surface area (Å²) in [5.41, 5.74) is 1.19. The molecule has 2 rings (SSSR count). The summed E-state index contributed by atoms with van der Waals surface area (Å²) >= 11 is 1.70. The van der Waals surface area contributed by atoms with Gasteiger partial charge in [0.1, 0.15) is 5.82 Å². The first kappa shape index (κ1) is 12.7. The summed E-state index contributed by atoms with van der Waals surface area (Å²) in [5, 5.41) is 10.8. The molecule has 0 spiro atoms. The van der Waals surface area contributed by atoms with Crippen molar-refractivity contribution in [1.82, 2.24) is 4.90 Å². The molecule has 0 bridgehead atoms. The van der Waals surface area contributed by atoms with Gasteiger partial charge >= 0.3 is 0 Å². The zero-order chi connectivity index (χ0) is 13.0. The first-order chi connectivity index (χ1) is 8.67. The molecule has 0 saturated carbocycles. The van der Waals surface area contributed by atoms with Crippen molar-refractivity contribution >= 4 is 11.3 Å². The number of thiophene rings is 1. The Hall–Kier alpha value is -1.70. The van der Waals surface area contributed by atoms with Crippen molar-refractivity contribution in [3.63, 3.8) is 0 Å². The average molecular weight is 260 g/mol. The first-order valence-corrected chi connectivity index (χ1v) is 6.46. The Balaban J connectivity index is 2.05. The second kappa shape index (κ2) is 5.76. The van der Waals surface area contributed by atoms with Gasteiger partial charge in [-0.25, -0.2) is 4.39 Å². The number of rotatable bonds is 4. The fourth-order valence-electron chi connectivity index (χ4n) is 1.84. The van der Waals surface area contributed by atoms with E-state index in [1.165, 1.54) is 17.0 Å². The Bertz CT molecular complexity index is 558. The lowest BCUT2D eigenvalue weighted by molar-refractivity contribution is 0.321. The van der Waals surface area contributed by atoms with Gasteiger partial charge < -0.3 is 0 Å². The zero-order valence-electron chi connectivity index (χ0n) is 10.1. The smallest absolute Gasteiger partial charge is 0.124 e. The summed E-state index contributed by atoms with van der Waals surface area (Å²) in [6.07, 6.45) is 0. The Morgan fingerprint density at radius 3 is 2.83 bits per heavy atom. The lowest BCUT2D eigenvalue weighted by atomic mass is 10.1. The van der Waals surface area contributed by atoms with Crippen molar-refractivity contribution in [3.8, 4) is 6.07 Å². The number of nitriles is 1. The molecule has 1 aromatic heterocycles. The van der Waals surface area contributed by atoms with Gasteiger partial charge in [0.2, 0.25) is 0 Å². The van der Waals surface area contributed by atoms with E-state index in [4.69, 9.17) is 5.26 Å². The van der Waals surface area contributed by atoms with Gasteiger partial charge in [-0.15, -0.1) is 11.3 Å². The Labute approximate surface area is 110 Å². The molecule has 0 radical (unpaired) electrons. The van der Waals surface area contributed by atoms with Gasteiger partial charge in [0.05, 0.1) is 11.6 Å². The largest absolute Gasteiger partial charge is 0.297 e. The van der Waals surface area contributed by atoms with Crippen molar-refractivity contribution in [2.45, 2.75) is 13.1 Å². The molecule has 0 fully saturated rings. The fourth-order valence-corrected chi connectivity index (χ4v) is 2.63. The number of hydrogen-bond acceptors (Lipinski definition) is 3. The van der Waals surface area contributed by atoms with E-state index in [-0.39, 0.29) is 5.82 Å². The molecule has 1 aromatic carbocycles. The Morgan fingerprint density at radius 2 is 2.17 bits per heavy atom. The quantitative estimate of drug-likeness (QED) is 0.842. The molecule has 0 aliphatic rings. The highest BCUT2D eigenvalue weighted by Crippen LogP contribution is 2.14. The lowest BCUT2D eigenvalue weighted by Gasteiger charge is -2.15. The number of halogens is 1. The molecule has 18 heavy (non-hydrogen) atoms. The molecule has 0 N–H and O–H groups in total. The minimum Gasteiger partial charge on any atom is -0.297 e. The van der Waals surface area contributed by atoms with Gasteiger partial charge in [0, 0.05) is 18.0 Å². The van der Waals surface area contributed by atoms with E-state index < -0.39 is 0 Å². The minimum atomic E-state index is -0.353. The van der Waals surface area contributed by atoms with E-state index >= 15 is 0 Å². The summed E-state index contributed by atoms with van der Waals surface area (Å²) in [5.74, 6) is -0.353. The first-order valence-electron chi connectivity index (χ1n) is 5.58. The second-order valence-electron chi connectivity index (χ2n) is 4.21. The van der Waals surface area contributed by atoms with Crippen LogP contribution in [0.15, 0.2) is 35.7 Å². The summed E-state index contributed by atoms with van der Waals surface area (Å²) in [7, 11) is 1.98. The highest BCUT2D eigenvalue weighted by atomic mass is 32.1. The molecule has 0 aliphatic carbocycles. The third-order valence-corrected chi connectivity index (χ3v) is 3.41. The van der Waals surface area contributed by atoms with Gasteiger partial charge in [-0.2, -0.15) is 5.26 Å². The van der Waals surface area contributed by atoms with Gasteiger partial charge in [-0.05, 0) is 42.3 Å². The molecule has 0 aliphatic heterocycles. The molecule has 2 aromatic rings. The summed E-state index contributed by atoms with van der Waals surface area (Å²) < 4.78 is 13.3. The van der Waals surface area contributed by atoms with Gasteiger partial charge in [0.25, 0.3) is 0 Å². The number of hydrogen-bond donors (Lipinski definition) is 0. The molecule has 0 saturated heterocycles. The van der Waals surface area contributed by atoms with E-state index in [0.717, 1.165) is 12.1 Å². The standard InChI is InChI=1S/C14H13FN2S/c1-17(10-14-3-2-4-18-14)9-12-5-11(8-16)6-13(15)7-12/h2-7H,9-10H2,1H3. The highest BCUT2D eigenvalue weighted by molar-refractivity contribution is 7.09. The second-order valence-corrected chi connectivity index (χ2v) is 5.24. The van der Waals surface area contributed by atoms with Crippen LogP contribution in [0.1, 0.15) is 16.0 Å². The average Bonchev–Trinajstić information content (AvgIpc) is 2.80. The summed E-state index contributed by atoms with van der Waals surface area (Å²) in [6.45, 7) is 1.46. The molecule has 1 heterocycles. The van der Waals surface area contributed by atoms with Crippen LogP contribution in [0.5, 0.6) is 0 Å². The zero-order valence-corrected chi connectivity index (χ0v) is 10.9. The molecule has 0 atom stereocenters. The van der Waals surface area contributed by atoms with Crippen LogP contribution in [-0.4, -0.2) is 11.9 Å². The van der Waals surface area contributed by atoms with Crippen molar-refractivity contribution in [2.75, 3.05) is 7.05 Å². The molecule has 92 valence electrons. The van der Waals surface area contributed by atoms with E-state index in [2.05, 4.69) is 11.0 Å². The molecular formula is C14H13FN2S. The molecule has 0 amide bonds. The summed E-state index contributed by atoms with van der Waals surface area (Å²) in [4.78, 5) is 3.37. The van der Waals surface area contributed by atoms with Gasteiger partial charge in [-0.3, -0.25) is 4.90 Å². The molecule has 2 nitrogen and oxygen atoms in total. The molecule has 0 unspecified atom stereocenters. The van der Waals surface area contributed by atoms with Crippen LogP contribution in [0.4, 0.5) is 4.39 Å². The Morgan fingerprint density at radius 1 is 1.33 bits per heavy atom. The van der Waals surface area contributed by atoms with Crippen LogP contribution < -0.4 is 0 Å². The number of benzene rings is 1. The molecule has 4 heteroatoms. The van der Waals surface area contributed by atoms with Crippen LogP contribution in [-0.2, 0) is 13.1 Å². The van der Waals surface area contributed by atoms with E-state index in [9.17, 15) is 4.39 Å². The Kier molecular flexibility index (Phi) is 4.08. The normalized spacial score (nSPS) is 10.6. The summed E-state index contributed by atoms with van der Waals surface area (Å²) in [6, 6.07) is 10.5. The van der Waals surface area contributed by atoms with Crippen molar-refractivity contribution < 1.29 is 4.39 Å². The van der Waals surface area contributed by atoms with Crippen LogP contribution in [0.2, 0.25) is 0 Å². The predicted molar refractivity (Wildman–Crippen MR) is 70.6 cm³/mol. The minimum absolute atomic E-state index is 0.353. The van der Waals surface area contributed by atoms with E-state index in [1.54, 1.807) is 17.4 Å². The van der Waals surface area contributed by atoms with Crippen molar-refractivity contribution in [3.05, 3.63) is 57.5 Å². The topological polar surface area (TPSA) is 27.0 Å². The van der Waals surface area contributed by atoms with Gasteiger partial charge in [-0.1, -0.05) is 6.07 Å². The van der Waals surface area contributed by atoms with E-state index in [0.29, 0.717) is 12.1 Å². The predicted octanol–water partition coefficient (Wildman–Crippen LogP) is 3.39. The molecular weight excluding hydrogens is 247 g/mol. The number of nitrogens with zero attached hydrogens (tertiary/aromatic N) is 2. The third kappa shape index (κ3) is 3.39. The lowest BCUT2D eigenvalue weighted by Crippen LogP contribution is -2.16. The maximum atomic E-state index is 13.3. The fraction of sp³-hybridized carbons (Fsp3) is 0.214. The van der Waals surface area contributed by atoms with Crippen molar-refractivity contribution in [1.29, 1.82) is 5.26 Å². The van der Waals surface area contributed by atoms with Crippen LogP contribution in [0.25, 0.3) is 0 Å².